The number of nitrogens with one attached hydrogen (secondary N) is 1. The average molecular weight is 361 g/mol. The topological polar surface area (TPSA) is 110 Å². The van der Waals surface area contributed by atoms with Crippen molar-refractivity contribution in [3.8, 4) is 0 Å². The molecular formula is C16H15N3O5S. The number of para-hydroxylation sites is 1. The van der Waals surface area contributed by atoms with E-state index in [9.17, 15) is 23.3 Å². The van der Waals surface area contributed by atoms with E-state index in [0.717, 1.165) is 12.1 Å². The number of sulfonamides is 1. The molecule has 0 radical (unpaired) electrons. The third-order valence-electron chi connectivity index (χ3n) is 3.92. The van der Waals surface area contributed by atoms with E-state index >= 15 is 0 Å². The molecule has 8 nitrogen and oxygen atoms in total. The highest BCUT2D eigenvalue weighted by molar-refractivity contribution is 7.89. The number of carbonyl (C=O) groups is 1. The Hall–Kier alpha value is -2.78. The van der Waals surface area contributed by atoms with Crippen molar-refractivity contribution in [2.24, 2.45) is 0 Å². The molecule has 1 aliphatic rings. The Morgan fingerprint density at radius 1 is 1.08 bits per heavy atom. The summed E-state index contributed by atoms with van der Waals surface area (Å²) in [5.41, 5.74) is 0.0834. The van der Waals surface area contributed by atoms with Gasteiger partial charge in [-0.1, -0.05) is 42.5 Å². The minimum Gasteiger partial charge on any atom is -0.300 e. The summed E-state index contributed by atoms with van der Waals surface area (Å²) in [5.74, 6) is -0.657. The summed E-state index contributed by atoms with van der Waals surface area (Å²) < 4.78 is 26.5. The standard InChI is InChI=1S/C16H15N3O5S/c20-16-15(12-6-2-1-3-7-12)17-10-11-18(16)25(23,24)14-9-5-4-8-13(14)19(21)22/h1-9,15,17H,10-11H2. The van der Waals surface area contributed by atoms with Gasteiger partial charge in [-0.05, 0) is 11.6 Å². The molecule has 1 unspecified atom stereocenters. The molecule has 1 saturated heterocycles. The molecule has 1 N–H and O–H groups in total. The van der Waals surface area contributed by atoms with Gasteiger partial charge in [0.05, 0.1) is 4.92 Å². The summed E-state index contributed by atoms with van der Waals surface area (Å²) in [6.45, 7) is 0.168. The van der Waals surface area contributed by atoms with Crippen LogP contribution < -0.4 is 5.32 Å². The molecule has 9 heteroatoms. The first-order valence-electron chi connectivity index (χ1n) is 7.51. The quantitative estimate of drug-likeness (QED) is 0.652. The van der Waals surface area contributed by atoms with E-state index in [1.54, 1.807) is 30.3 Å². The maximum Gasteiger partial charge on any atom is 0.289 e. The maximum atomic E-state index is 12.9. The van der Waals surface area contributed by atoms with E-state index in [1.807, 2.05) is 0 Å². The van der Waals surface area contributed by atoms with Crippen LogP contribution in [0.3, 0.4) is 0 Å². The molecule has 0 aliphatic carbocycles. The van der Waals surface area contributed by atoms with Crippen LogP contribution in [0, 0.1) is 10.1 Å². The molecule has 1 atom stereocenters. The third kappa shape index (κ3) is 3.11. The van der Waals surface area contributed by atoms with Gasteiger partial charge in [-0.2, -0.15) is 0 Å². The minimum atomic E-state index is -4.33. The van der Waals surface area contributed by atoms with Crippen LogP contribution in [0.4, 0.5) is 5.69 Å². The zero-order valence-electron chi connectivity index (χ0n) is 13.0. The summed E-state index contributed by atoms with van der Waals surface area (Å²) in [4.78, 5) is 22.6. The van der Waals surface area contributed by atoms with Gasteiger partial charge in [0.15, 0.2) is 4.90 Å². The van der Waals surface area contributed by atoms with E-state index < -0.39 is 37.5 Å². The number of nitrogens with zero attached hydrogens (tertiary/aromatic N) is 2. The highest BCUT2D eigenvalue weighted by Gasteiger charge is 2.40. The zero-order chi connectivity index (χ0) is 18.0. The second-order valence-electron chi connectivity index (χ2n) is 5.44. The molecule has 130 valence electrons. The van der Waals surface area contributed by atoms with Gasteiger partial charge in [0.1, 0.15) is 6.04 Å². The first kappa shape index (κ1) is 17.1. The Kier molecular flexibility index (Phi) is 4.51. The minimum absolute atomic E-state index is 0.0868. The second kappa shape index (κ2) is 6.61. The van der Waals surface area contributed by atoms with Gasteiger partial charge in [-0.25, -0.2) is 12.7 Å². The summed E-state index contributed by atoms with van der Waals surface area (Å²) in [5, 5.41) is 14.1. The van der Waals surface area contributed by atoms with Crippen LogP contribution in [-0.2, 0) is 14.8 Å². The highest BCUT2D eigenvalue weighted by Crippen LogP contribution is 2.29. The summed E-state index contributed by atoms with van der Waals surface area (Å²) in [7, 11) is -4.33. The van der Waals surface area contributed by atoms with E-state index in [-0.39, 0.29) is 13.1 Å². The number of amides is 1. The molecule has 0 bridgehead atoms. The van der Waals surface area contributed by atoms with E-state index in [2.05, 4.69) is 5.32 Å². The first-order chi connectivity index (χ1) is 11.9. The number of nitro groups is 1. The molecule has 0 spiro atoms. The lowest BCUT2D eigenvalue weighted by Crippen LogP contribution is -2.52. The van der Waals surface area contributed by atoms with Crippen molar-refractivity contribution in [1.82, 2.24) is 9.62 Å². The molecule has 1 amide bonds. The van der Waals surface area contributed by atoms with E-state index in [0.29, 0.717) is 9.87 Å². The van der Waals surface area contributed by atoms with Crippen LogP contribution in [0.1, 0.15) is 11.6 Å². The van der Waals surface area contributed by atoms with Crippen LogP contribution in [0.15, 0.2) is 59.5 Å². The number of benzene rings is 2. The Labute approximate surface area is 144 Å². The fraction of sp³-hybridized carbons (Fsp3) is 0.188. The fourth-order valence-electron chi connectivity index (χ4n) is 2.74. The van der Waals surface area contributed by atoms with Gasteiger partial charge in [0.25, 0.3) is 21.6 Å². The van der Waals surface area contributed by atoms with Gasteiger partial charge >= 0.3 is 0 Å². The van der Waals surface area contributed by atoms with Gasteiger partial charge < -0.3 is 5.32 Å². The zero-order valence-corrected chi connectivity index (χ0v) is 13.8. The molecule has 1 aliphatic heterocycles. The van der Waals surface area contributed by atoms with Gasteiger partial charge in [-0.15, -0.1) is 0 Å². The Balaban J connectivity index is 2.01. The molecule has 1 heterocycles. The van der Waals surface area contributed by atoms with Crippen molar-refractivity contribution >= 4 is 21.6 Å². The number of hydrogen-bond donors (Lipinski definition) is 1. The lowest BCUT2D eigenvalue weighted by atomic mass is 10.1. The lowest BCUT2D eigenvalue weighted by molar-refractivity contribution is -0.387. The first-order valence-corrected chi connectivity index (χ1v) is 8.95. The molecule has 3 rings (SSSR count). The molecule has 25 heavy (non-hydrogen) atoms. The SMILES string of the molecule is O=C1C(c2ccccc2)NCCN1S(=O)(=O)c1ccccc1[N+](=O)[O-]. The van der Waals surface area contributed by atoms with Crippen molar-refractivity contribution in [1.29, 1.82) is 0 Å². The van der Waals surface area contributed by atoms with E-state index in [4.69, 9.17) is 0 Å². The fourth-order valence-corrected chi connectivity index (χ4v) is 4.31. The van der Waals surface area contributed by atoms with Crippen LogP contribution in [0.2, 0.25) is 0 Å². The number of nitro benzene ring substituents is 1. The van der Waals surface area contributed by atoms with Gasteiger partial charge in [0, 0.05) is 19.2 Å². The Bertz CT molecular complexity index is 914. The number of hydrogen-bond acceptors (Lipinski definition) is 6. The smallest absolute Gasteiger partial charge is 0.289 e. The molecule has 1 fully saturated rings. The second-order valence-corrected chi connectivity index (χ2v) is 7.27. The predicted octanol–water partition coefficient (Wildman–Crippen LogP) is 1.46. The maximum absolute atomic E-state index is 12.9. The summed E-state index contributed by atoms with van der Waals surface area (Å²) in [6.07, 6.45) is 0. The van der Waals surface area contributed by atoms with Crippen molar-refractivity contribution in [2.75, 3.05) is 13.1 Å². The van der Waals surface area contributed by atoms with Crippen molar-refractivity contribution in [3.05, 3.63) is 70.3 Å². The van der Waals surface area contributed by atoms with E-state index in [1.165, 1.54) is 12.1 Å². The summed E-state index contributed by atoms with van der Waals surface area (Å²) >= 11 is 0. The monoisotopic (exact) mass is 361 g/mol. The molecule has 2 aromatic carbocycles. The van der Waals surface area contributed by atoms with Crippen molar-refractivity contribution in [2.45, 2.75) is 10.9 Å². The Morgan fingerprint density at radius 2 is 1.72 bits per heavy atom. The van der Waals surface area contributed by atoms with Gasteiger partial charge in [0.2, 0.25) is 0 Å². The Morgan fingerprint density at radius 3 is 2.40 bits per heavy atom. The molecule has 0 aromatic heterocycles. The van der Waals surface area contributed by atoms with Crippen molar-refractivity contribution < 1.29 is 18.1 Å². The number of piperazine rings is 1. The van der Waals surface area contributed by atoms with Crippen LogP contribution in [0.5, 0.6) is 0 Å². The molecule has 0 saturated carbocycles. The van der Waals surface area contributed by atoms with Crippen molar-refractivity contribution in [3.63, 3.8) is 0 Å². The third-order valence-corrected chi connectivity index (χ3v) is 5.76. The van der Waals surface area contributed by atoms with Crippen LogP contribution in [-0.4, -0.2) is 36.6 Å². The summed E-state index contributed by atoms with van der Waals surface area (Å²) in [6, 6.07) is 12.9. The largest absolute Gasteiger partial charge is 0.300 e. The normalized spacial score (nSPS) is 18.2. The predicted molar refractivity (Wildman–Crippen MR) is 89.2 cm³/mol. The molecular weight excluding hydrogens is 346 g/mol. The van der Waals surface area contributed by atoms with Gasteiger partial charge in [-0.3, -0.25) is 14.9 Å². The highest BCUT2D eigenvalue weighted by atomic mass is 32.2. The van der Waals surface area contributed by atoms with Crippen LogP contribution in [0.25, 0.3) is 0 Å². The van der Waals surface area contributed by atoms with Crippen LogP contribution >= 0.6 is 0 Å². The number of rotatable bonds is 4. The molecule has 2 aromatic rings. The average Bonchev–Trinajstić information content (AvgIpc) is 2.62. The number of carbonyl (C=O) groups excluding carboxylic acids is 1. The lowest BCUT2D eigenvalue weighted by Gasteiger charge is -2.32.